The van der Waals surface area contributed by atoms with E-state index in [1.165, 1.54) is 12.1 Å². The van der Waals surface area contributed by atoms with Gasteiger partial charge in [0, 0.05) is 32.0 Å². The van der Waals surface area contributed by atoms with E-state index >= 15 is 0 Å². The van der Waals surface area contributed by atoms with Crippen molar-refractivity contribution >= 4 is 23.2 Å². The van der Waals surface area contributed by atoms with Crippen LogP contribution in [0.1, 0.15) is 12.0 Å². The number of carbonyl (C=O) groups excluding carboxylic acids is 2. The highest BCUT2D eigenvalue weighted by Crippen LogP contribution is 2.39. The van der Waals surface area contributed by atoms with Crippen molar-refractivity contribution in [1.29, 1.82) is 0 Å². The Bertz CT molecular complexity index is 803. The van der Waals surface area contributed by atoms with Gasteiger partial charge in [-0.1, -0.05) is 12.1 Å². The van der Waals surface area contributed by atoms with Gasteiger partial charge in [-0.3, -0.25) is 9.59 Å². The molecule has 1 aliphatic rings. The molecular weight excluding hydrogens is 345 g/mol. The quantitative estimate of drug-likeness (QED) is 0.789. The summed E-state index contributed by atoms with van der Waals surface area (Å²) in [6.45, 7) is 0.474. The number of anilines is 2. The van der Waals surface area contributed by atoms with E-state index in [0.29, 0.717) is 19.4 Å². The van der Waals surface area contributed by atoms with Gasteiger partial charge >= 0.3 is 0 Å². The minimum atomic E-state index is -0.274. The number of amides is 2. The smallest absolute Gasteiger partial charge is 0.228 e. The fourth-order valence-corrected chi connectivity index (χ4v) is 2.96. The van der Waals surface area contributed by atoms with Gasteiger partial charge in [-0.2, -0.15) is 0 Å². The Morgan fingerprint density at radius 2 is 1.63 bits per heavy atom. The van der Waals surface area contributed by atoms with Gasteiger partial charge in [0.2, 0.25) is 11.8 Å². The molecule has 2 unspecified atom stereocenters. The summed E-state index contributed by atoms with van der Waals surface area (Å²) >= 11 is 0. The zero-order valence-corrected chi connectivity index (χ0v) is 15.5. The minimum absolute atomic E-state index is 0.0970. The largest absolute Gasteiger partial charge is 0.378 e. The highest BCUT2D eigenvalue weighted by molar-refractivity contribution is 5.99. The van der Waals surface area contributed by atoms with Crippen LogP contribution in [0.3, 0.4) is 0 Å². The van der Waals surface area contributed by atoms with Crippen LogP contribution in [0, 0.1) is 17.7 Å². The zero-order valence-electron chi connectivity index (χ0n) is 15.5. The van der Waals surface area contributed by atoms with Crippen molar-refractivity contribution in [1.82, 2.24) is 5.32 Å². The number of hydrogen-bond acceptors (Lipinski definition) is 3. The van der Waals surface area contributed by atoms with Crippen LogP contribution in [0.5, 0.6) is 0 Å². The fraction of sp³-hybridized carbons (Fsp3) is 0.333. The maximum Gasteiger partial charge on any atom is 0.228 e. The number of carbonyl (C=O) groups is 2. The maximum atomic E-state index is 12.9. The summed E-state index contributed by atoms with van der Waals surface area (Å²) in [5.41, 5.74) is 2.74. The molecular formula is C21H24FN3O2. The van der Waals surface area contributed by atoms with Crippen LogP contribution in [-0.2, 0) is 16.0 Å². The standard InChI is InChI=1S/C21H24FN3O2/c1-25(2)17-9-7-16(8-10-17)24-21(27)19-13-18(19)20(26)23-12-11-14-3-5-15(22)6-4-14/h3-10,18-19H,11-13H2,1-2H3,(H,23,26)(H,24,27). The third-order valence-electron chi connectivity index (χ3n) is 4.74. The second kappa shape index (κ2) is 8.20. The molecule has 2 aromatic rings. The first-order valence-corrected chi connectivity index (χ1v) is 9.04. The predicted molar refractivity (Wildman–Crippen MR) is 104 cm³/mol. The second-order valence-corrected chi connectivity index (χ2v) is 7.05. The number of benzene rings is 2. The Morgan fingerprint density at radius 3 is 2.26 bits per heavy atom. The Labute approximate surface area is 158 Å². The summed E-state index contributed by atoms with van der Waals surface area (Å²) in [6, 6.07) is 13.8. The van der Waals surface area contributed by atoms with Crippen molar-refractivity contribution in [2.45, 2.75) is 12.8 Å². The number of hydrogen-bond donors (Lipinski definition) is 2. The lowest BCUT2D eigenvalue weighted by molar-refractivity contribution is -0.125. The molecule has 1 aliphatic carbocycles. The van der Waals surface area contributed by atoms with Crippen LogP contribution in [0.2, 0.25) is 0 Å². The molecule has 2 aromatic carbocycles. The fourth-order valence-electron chi connectivity index (χ4n) is 2.96. The van der Waals surface area contributed by atoms with E-state index in [1.54, 1.807) is 12.1 Å². The molecule has 3 rings (SSSR count). The predicted octanol–water partition coefficient (Wildman–Crippen LogP) is 2.83. The molecule has 5 nitrogen and oxygen atoms in total. The van der Waals surface area contributed by atoms with Gasteiger partial charge in [0.15, 0.2) is 0 Å². The molecule has 1 saturated carbocycles. The first-order valence-electron chi connectivity index (χ1n) is 9.04. The molecule has 6 heteroatoms. The molecule has 0 bridgehead atoms. The van der Waals surface area contributed by atoms with Crippen LogP contribution in [0.4, 0.5) is 15.8 Å². The lowest BCUT2D eigenvalue weighted by atomic mass is 10.1. The molecule has 0 aliphatic heterocycles. The van der Waals surface area contributed by atoms with Crippen molar-refractivity contribution in [3.8, 4) is 0 Å². The second-order valence-electron chi connectivity index (χ2n) is 7.05. The Balaban J connectivity index is 1.42. The third kappa shape index (κ3) is 5.06. The van der Waals surface area contributed by atoms with Gasteiger partial charge < -0.3 is 15.5 Å². The lowest BCUT2D eigenvalue weighted by Gasteiger charge is -2.13. The maximum absolute atomic E-state index is 12.9. The summed E-state index contributed by atoms with van der Waals surface area (Å²) in [6.07, 6.45) is 1.21. The van der Waals surface area contributed by atoms with Crippen molar-refractivity contribution in [2.24, 2.45) is 11.8 Å². The SMILES string of the molecule is CN(C)c1ccc(NC(=O)C2CC2C(=O)NCCc2ccc(F)cc2)cc1. The molecule has 2 N–H and O–H groups in total. The first kappa shape index (κ1) is 18.9. The van der Waals surface area contributed by atoms with Crippen LogP contribution >= 0.6 is 0 Å². The summed E-state index contributed by atoms with van der Waals surface area (Å²) in [5, 5.41) is 5.73. The summed E-state index contributed by atoms with van der Waals surface area (Å²) in [5.74, 6) is -1.03. The molecule has 0 spiro atoms. The van der Waals surface area contributed by atoms with Crippen LogP contribution in [0.15, 0.2) is 48.5 Å². The number of nitrogens with one attached hydrogen (secondary N) is 2. The Kier molecular flexibility index (Phi) is 5.74. The molecule has 0 heterocycles. The third-order valence-corrected chi connectivity index (χ3v) is 4.74. The zero-order chi connectivity index (χ0) is 19.4. The Hall–Kier alpha value is -2.89. The molecule has 1 fully saturated rings. The summed E-state index contributed by atoms with van der Waals surface area (Å²) in [7, 11) is 3.91. The molecule has 0 aromatic heterocycles. The van der Waals surface area contributed by atoms with Crippen molar-refractivity contribution in [3.05, 3.63) is 59.9 Å². The molecule has 2 amide bonds. The van der Waals surface area contributed by atoms with E-state index in [4.69, 9.17) is 0 Å². The Morgan fingerprint density at radius 1 is 1.00 bits per heavy atom. The van der Waals surface area contributed by atoms with E-state index in [2.05, 4.69) is 10.6 Å². The molecule has 0 saturated heterocycles. The van der Waals surface area contributed by atoms with E-state index in [0.717, 1.165) is 16.9 Å². The molecule has 142 valence electrons. The summed E-state index contributed by atoms with van der Waals surface area (Å²) in [4.78, 5) is 26.5. The van der Waals surface area contributed by atoms with Crippen LogP contribution < -0.4 is 15.5 Å². The molecule has 27 heavy (non-hydrogen) atoms. The number of rotatable bonds is 7. The van der Waals surface area contributed by atoms with E-state index < -0.39 is 0 Å². The van der Waals surface area contributed by atoms with Crippen LogP contribution in [-0.4, -0.2) is 32.5 Å². The van der Waals surface area contributed by atoms with Crippen LogP contribution in [0.25, 0.3) is 0 Å². The highest BCUT2D eigenvalue weighted by atomic mass is 19.1. The van der Waals surface area contributed by atoms with Gasteiger partial charge in [0.1, 0.15) is 5.82 Å². The molecule has 2 atom stereocenters. The normalized spacial score (nSPS) is 17.9. The number of nitrogens with zero attached hydrogens (tertiary/aromatic N) is 1. The first-order chi connectivity index (χ1) is 12.9. The van der Waals surface area contributed by atoms with Crippen molar-refractivity contribution in [2.75, 3.05) is 30.9 Å². The van der Waals surface area contributed by atoms with E-state index in [1.807, 2.05) is 43.3 Å². The topological polar surface area (TPSA) is 61.4 Å². The van der Waals surface area contributed by atoms with Gasteiger partial charge in [-0.25, -0.2) is 4.39 Å². The van der Waals surface area contributed by atoms with Gasteiger partial charge in [0.05, 0.1) is 11.8 Å². The number of halogens is 1. The lowest BCUT2D eigenvalue weighted by Crippen LogP contribution is -2.29. The molecule has 0 radical (unpaired) electrons. The minimum Gasteiger partial charge on any atom is -0.378 e. The van der Waals surface area contributed by atoms with Gasteiger partial charge in [-0.15, -0.1) is 0 Å². The summed E-state index contributed by atoms with van der Waals surface area (Å²) < 4.78 is 12.9. The van der Waals surface area contributed by atoms with Crippen molar-refractivity contribution in [3.63, 3.8) is 0 Å². The van der Waals surface area contributed by atoms with E-state index in [9.17, 15) is 14.0 Å². The van der Waals surface area contributed by atoms with Gasteiger partial charge in [0.25, 0.3) is 0 Å². The average Bonchev–Trinajstić information content (AvgIpc) is 3.45. The van der Waals surface area contributed by atoms with Gasteiger partial charge in [-0.05, 0) is 54.8 Å². The average molecular weight is 369 g/mol. The monoisotopic (exact) mass is 369 g/mol. The van der Waals surface area contributed by atoms with E-state index in [-0.39, 0.29) is 29.5 Å². The van der Waals surface area contributed by atoms with Crippen molar-refractivity contribution < 1.29 is 14.0 Å². The highest BCUT2D eigenvalue weighted by Gasteiger charge is 2.47.